The molecule has 3 rings (SSSR count). The maximum atomic E-state index is 12.4. The fourth-order valence-corrected chi connectivity index (χ4v) is 3.32. The van der Waals surface area contributed by atoms with Crippen LogP contribution in [0.3, 0.4) is 0 Å². The van der Waals surface area contributed by atoms with Crippen molar-refractivity contribution in [2.75, 3.05) is 0 Å². The molecule has 0 atom stereocenters. The van der Waals surface area contributed by atoms with Crippen molar-refractivity contribution in [2.24, 2.45) is 0 Å². The lowest BCUT2D eigenvalue weighted by Gasteiger charge is -2.14. The second kappa shape index (κ2) is 6.20. The number of halogens is 2. The van der Waals surface area contributed by atoms with Crippen LogP contribution in [0.15, 0.2) is 45.9 Å². The number of carbonyl (C=O) groups excluding carboxylic acids is 2. The van der Waals surface area contributed by atoms with Crippen LogP contribution in [0.4, 0.5) is 4.79 Å². The van der Waals surface area contributed by atoms with Crippen LogP contribution in [-0.4, -0.2) is 16.0 Å². The van der Waals surface area contributed by atoms with Gasteiger partial charge >= 0.3 is 0 Å². The Morgan fingerprint density at radius 3 is 2.50 bits per heavy atom. The predicted molar refractivity (Wildman–Crippen MR) is 86.7 cm³/mol. The lowest BCUT2D eigenvalue weighted by molar-refractivity contribution is -0.123. The minimum Gasteiger partial charge on any atom is -0.465 e. The molecular formula is C15H9Cl2NO3S. The number of thioether (sulfide) groups is 1. The van der Waals surface area contributed by atoms with Crippen molar-refractivity contribution in [1.29, 1.82) is 0 Å². The number of furan rings is 1. The molecular weight excluding hydrogens is 345 g/mol. The van der Waals surface area contributed by atoms with E-state index in [1.807, 2.05) is 0 Å². The fourth-order valence-electron chi connectivity index (χ4n) is 1.98. The minimum absolute atomic E-state index is 0.0403. The van der Waals surface area contributed by atoms with Crippen LogP contribution in [0.5, 0.6) is 0 Å². The Hall–Kier alpha value is -1.69. The summed E-state index contributed by atoms with van der Waals surface area (Å²) in [6.45, 7) is 0.0403. The van der Waals surface area contributed by atoms with Crippen LogP contribution in [0.1, 0.15) is 11.3 Å². The summed E-state index contributed by atoms with van der Waals surface area (Å²) in [6, 6.07) is 8.46. The first kappa shape index (κ1) is 15.2. The number of nitrogens with zero attached hydrogens (tertiary/aromatic N) is 1. The van der Waals surface area contributed by atoms with Gasteiger partial charge in [0.25, 0.3) is 11.1 Å². The van der Waals surface area contributed by atoms with E-state index in [-0.39, 0.29) is 17.7 Å². The Kier molecular flexibility index (Phi) is 4.29. The van der Waals surface area contributed by atoms with Gasteiger partial charge in [-0.05, 0) is 36.0 Å². The molecule has 0 aliphatic carbocycles. The molecule has 2 amide bonds. The average molecular weight is 354 g/mol. The van der Waals surface area contributed by atoms with Gasteiger partial charge in [0.2, 0.25) is 0 Å². The number of hydrogen-bond acceptors (Lipinski definition) is 4. The van der Waals surface area contributed by atoms with E-state index in [2.05, 4.69) is 0 Å². The maximum Gasteiger partial charge on any atom is 0.293 e. The van der Waals surface area contributed by atoms with E-state index in [1.54, 1.807) is 36.4 Å². The molecule has 1 aromatic carbocycles. The summed E-state index contributed by atoms with van der Waals surface area (Å²) in [5.41, 5.74) is 0.549. The van der Waals surface area contributed by atoms with Gasteiger partial charge in [-0.25, -0.2) is 0 Å². The third-order valence-electron chi connectivity index (χ3n) is 3.07. The molecule has 22 heavy (non-hydrogen) atoms. The fraction of sp³-hybridized carbons (Fsp3) is 0.0667. The highest BCUT2D eigenvalue weighted by atomic mass is 35.5. The van der Waals surface area contributed by atoms with Gasteiger partial charge in [0, 0.05) is 21.7 Å². The first-order chi connectivity index (χ1) is 10.6. The van der Waals surface area contributed by atoms with Crippen LogP contribution >= 0.6 is 35.0 Å². The van der Waals surface area contributed by atoms with Crippen LogP contribution in [0, 0.1) is 0 Å². The first-order valence-electron chi connectivity index (χ1n) is 6.28. The Morgan fingerprint density at radius 2 is 1.86 bits per heavy atom. The van der Waals surface area contributed by atoms with Crippen molar-refractivity contribution in [2.45, 2.75) is 6.54 Å². The summed E-state index contributed by atoms with van der Waals surface area (Å²) in [5.74, 6) is 0.128. The van der Waals surface area contributed by atoms with E-state index >= 15 is 0 Å². The smallest absolute Gasteiger partial charge is 0.293 e. The summed E-state index contributed by atoms with van der Waals surface area (Å²) < 4.78 is 5.16. The lowest BCUT2D eigenvalue weighted by Crippen LogP contribution is -2.27. The molecule has 0 bridgehead atoms. The Bertz CT molecular complexity index is 751. The van der Waals surface area contributed by atoms with Gasteiger partial charge in [0.15, 0.2) is 0 Å². The quantitative estimate of drug-likeness (QED) is 0.742. The van der Waals surface area contributed by atoms with Crippen LogP contribution in [0.2, 0.25) is 10.0 Å². The predicted octanol–water partition coefficient (Wildman–Crippen LogP) is 4.82. The zero-order valence-electron chi connectivity index (χ0n) is 11.1. The third-order valence-corrected chi connectivity index (χ3v) is 4.68. The average Bonchev–Trinajstić information content (AvgIpc) is 3.06. The highest BCUT2D eigenvalue weighted by Crippen LogP contribution is 2.35. The standard InChI is InChI=1S/C15H9Cl2NO3S/c16-11-4-1-5-12(17)10(11)8-18-14(19)13(22-15(18)20)7-9-3-2-6-21-9/h1-7H,8H2/b13-7+. The van der Waals surface area contributed by atoms with Crippen LogP contribution in [-0.2, 0) is 11.3 Å². The van der Waals surface area contributed by atoms with E-state index in [4.69, 9.17) is 27.6 Å². The van der Waals surface area contributed by atoms with E-state index < -0.39 is 0 Å². The Labute approximate surface area is 140 Å². The number of imide groups is 1. The van der Waals surface area contributed by atoms with Gasteiger partial charge in [0.1, 0.15) is 5.76 Å². The summed E-state index contributed by atoms with van der Waals surface area (Å²) >= 11 is 13.0. The van der Waals surface area contributed by atoms with E-state index in [1.165, 1.54) is 6.26 Å². The summed E-state index contributed by atoms with van der Waals surface area (Å²) in [7, 11) is 0. The molecule has 2 heterocycles. The maximum absolute atomic E-state index is 12.4. The van der Waals surface area contributed by atoms with Gasteiger partial charge < -0.3 is 4.42 Å². The molecule has 1 aromatic heterocycles. The van der Waals surface area contributed by atoms with Crippen molar-refractivity contribution >= 4 is 52.2 Å². The first-order valence-corrected chi connectivity index (χ1v) is 7.85. The Balaban J connectivity index is 1.86. The van der Waals surface area contributed by atoms with Crippen molar-refractivity contribution in [3.05, 3.63) is 62.9 Å². The summed E-state index contributed by atoms with van der Waals surface area (Å²) in [4.78, 5) is 25.8. The molecule has 7 heteroatoms. The molecule has 0 unspecified atom stereocenters. The number of hydrogen-bond donors (Lipinski definition) is 0. The molecule has 1 aliphatic heterocycles. The second-order valence-electron chi connectivity index (χ2n) is 4.48. The number of benzene rings is 1. The van der Waals surface area contributed by atoms with Gasteiger partial charge in [-0.15, -0.1) is 0 Å². The molecule has 0 N–H and O–H groups in total. The van der Waals surface area contributed by atoms with Gasteiger partial charge in [0.05, 0.1) is 17.7 Å². The van der Waals surface area contributed by atoms with E-state index in [0.717, 1.165) is 16.7 Å². The van der Waals surface area contributed by atoms with Crippen molar-refractivity contribution in [3.8, 4) is 0 Å². The normalized spacial score (nSPS) is 16.8. The minimum atomic E-state index is -0.387. The zero-order chi connectivity index (χ0) is 15.7. The molecule has 1 aliphatic rings. The number of carbonyl (C=O) groups is 2. The van der Waals surface area contributed by atoms with Gasteiger partial charge in [-0.2, -0.15) is 0 Å². The SMILES string of the molecule is O=C1S/C(=C/c2ccco2)C(=O)N1Cc1c(Cl)cccc1Cl. The second-order valence-corrected chi connectivity index (χ2v) is 6.29. The lowest BCUT2D eigenvalue weighted by atomic mass is 10.2. The molecule has 0 radical (unpaired) electrons. The highest BCUT2D eigenvalue weighted by Gasteiger charge is 2.35. The molecule has 1 fully saturated rings. The van der Waals surface area contributed by atoms with E-state index in [9.17, 15) is 9.59 Å². The molecule has 112 valence electrons. The van der Waals surface area contributed by atoms with E-state index in [0.29, 0.717) is 26.3 Å². The summed E-state index contributed by atoms with van der Waals surface area (Å²) in [6.07, 6.45) is 3.04. The summed E-state index contributed by atoms with van der Waals surface area (Å²) in [5, 5.41) is 0.474. The molecule has 2 aromatic rings. The molecule has 1 saturated heterocycles. The largest absolute Gasteiger partial charge is 0.465 e. The van der Waals surface area contributed by atoms with Crippen molar-refractivity contribution < 1.29 is 14.0 Å². The number of amides is 2. The highest BCUT2D eigenvalue weighted by molar-refractivity contribution is 8.18. The third kappa shape index (κ3) is 2.92. The monoisotopic (exact) mass is 353 g/mol. The van der Waals surface area contributed by atoms with Gasteiger partial charge in [-0.1, -0.05) is 29.3 Å². The van der Waals surface area contributed by atoms with Gasteiger partial charge in [-0.3, -0.25) is 14.5 Å². The topological polar surface area (TPSA) is 50.5 Å². The number of rotatable bonds is 3. The molecule has 0 saturated carbocycles. The van der Waals surface area contributed by atoms with Crippen molar-refractivity contribution in [1.82, 2.24) is 4.90 Å². The zero-order valence-corrected chi connectivity index (χ0v) is 13.4. The van der Waals surface area contributed by atoms with Crippen LogP contribution < -0.4 is 0 Å². The van der Waals surface area contributed by atoms with Crippen LogP contribution in [0.25, 0.3) is 6.08 Å². The molecule has 0 spiro atoms. The van der Waals surface area contributed by atoms with Crippen molar-refractivity contribution in [3.63, 3.8) is 0 Å². The Morgan fingerprint density at radius 1 is 1.14 bits per heavy atom. The molecule has 4 nitrogen and oxygen atoms in total.